The summed E-state index contributed by atoms with van der Waals surface area (Å²) in [7, 11) is 0. The molecule has 2 atom stereocenters. The second kappa shape index (κ2) is 5.56. The number of rotatable bonds is 3. The number of nitrogens with two attached hydrogens (primary N) is 1. The predicted octanol–water partition coefficient (Wildman–Crippen LogP) is 3.38. The molecule has 108 valence electrons. The van der Waals surface area contributed by atoms with Gasteiger partial charge in [0.1, 0.15) is 11.9 Å². The predicted molar refractivity (Wildman–Crippen MR) is 77.1 cm³/mol. The molecule has 0 unspecified atom stereocenters. The summed E-state index contributed by atoms with van der Waals surface area (Å²) in [6.45, 7) is 0. The number of halogens is 1. The van der Waals surface area contributed by atoms with E-state index in [-0.39, 0.29) is 11.7 Å². The molecule has 0 heterocycles. The van der Waals surface area contributed by atoms with Gasteiger partial charge in [-0.1, -0.05) is 36.4 Å². The molecule has 2 aromatic carbocycles. The molecule has 0 saturated carbocycles. The van der Waals surface area contributed by atoms with Crippen LogP contribution in [0.4, 0.5) is 9.18 Å². The molecule has 4 heteroatoms. The lowest BCUT2D eigenvalue weighted by molar-refractivity contribution is 0.0705. The lowest BCUT2D eigenvalue weighted by atomic mass is 9.93. The van der Waals surface area contributed by atoms with Crippen LogP contribution in [0.2, 0.25) is 0 Å². The van der Waals surface area contributed by atoms with Gasteiger partial charge < -0.3 is 10.5 Å². The van der Waals surface area contributed by atoms with Gasteiger partial charge in [0, 0.05) is 5.92 Å². The summed E-state index contributed by atoms with van der Waals surface area (Å²) in [6.07, 6.45) is 0.243. The Balaban J connectivity index is 1.87. The standard InChI is InChI=1S/C17H16FNO2/c18-15-7-6-12-8-14(9-13(12)10-15)16(21-17(19)20)11-4-2-1-3-5-11/h1-7,10,14,16H,8-9H2,(H2,19,20)/t14-,16-/m1/s1. The van der Waals surface area contributed by atoms with Crippen LogP contribution in [0.25, 0.3) is 0 Å². The largest absolute Gasteiger partial charge is 0.441 e. The van der Waals surface area contributed by atoms with Gasteiger partial charge in [-0.05, 0) is 41.7 Å². The first-order valence-electron chi connectivity index (χ1n) is 6.92. The van der Waals surface area contributed by atoms with Gasteiger partial charge in [0.15, 0.2) is 0 Å². The Kier molecular flexibility index (Phi) is 3.60. The fraction of sp³-hybridized carbons (Fsp3) is 0.235. The summed E-state index contributed by atoms with van der Waals surface area (Å²) >= 11 is 0. The Morgan fingerprint density at radius 3 is 2.57 bits per heavy atom. The molecule has 0 aromatic heterocycles. The summed E-state index contributed by atoms with van der Waals surface area (Å²) in [6, 6.07) is 14.4. The van der Waals surface area contributed by atoms with Crippen molar-refractivity contribution in [2.45, 2.75) is 18.9 Å². The summed E-state index contributed by atoms with van der Waals surface area (Å²) in [5.41, 5.74) is 8.21. The summed E-state index contributed by atoms with van der Waals surface area (Å²) < 4.78 is 18.6. The van der Waals surface area contributed by atoms with E-state index in [9.17, 15) is 9.18 Å². The number of carbonyl (C=O) groups is 1. The van der Waals surface area contributed by atoms with Crippen LogP contribution >= 0.6 is 0 Å². The normalized spacial score (nSPS) is 18.0. The van der Waals surface area contributed by atoms with E-state index >= 15 is 0 Å². The average Bonchev–Trinajstić information content (AvgIpc) is 2.88. The van der Waals surface area contributed by atoms with Crippen molar-refractivity contribution in [2.75, 3.05) is 0 Å². The maximum Gasteiger partial charge on any atom is 0.405 e. The van der Waals surface area contributed by atoms with Crippen molar-refractivity contribution in [1.82, 2.24) is 0 Å². The molecule has 1 amide bonds. The Morgan fingerprint density at radius 2 is 1.86 bits per heavy atom. The van der Waals surface area contributed by atoms with Crippen molar-refractivity contribution in [3.63, 3.8) is 0 Å². The first-order chi connectivity index (χ1) is 10.1. The molecule has 0 spiro atoms. The minimum atomic E-state index is -0.786. The van der Waals surface area contributed by atoms with Crippen molar-refractivity contribution in [3.05, 3.63) is 71.0 Å². The van der Waals surface area contributed by atoms with Crippen molar-refractivity contribution >= 4 is 6.09 Å². The third kappa shape index (κ3) is 2.89. The van der Waals surface area contributed by atoms with Crippen molar-refractivity contribution in [1.29, 1.82) is 0 Å². The van der Waals surface area contributed by atoms with Crippen molar-refractivity contribution in [2.24, 2.45) is 11.7 Å². The molecular weight excluding hydrogens is 269 g/mol. The van der Waals surface area contributed by atoms with Gasteiger partial charge in [0.2, 0.25) is 0 Å². The molecule has 0 fully saturated rings. The highest BCUT2D eigenvalue weighted by molar-refractivity contribution is 5.65. The van der Waals surface area contributed by atoms with Gasteiger partial charge in [-0.15, -0.1) is 0 Å². The lowest BCUT2D eigenvalue weighted by Crippen LogP contribution is -2.23. The highest BCUT2D eigenvalue weighted by Crippen LogP contribution is 2.37. The maximum atomic E-state index is 13.3. The zero-order valence-corrected chi connectivity index (χ0v) is 11.5. The Bertz CT molecular complexity index is 657. The number of benzene rings is 2. The van der Waals surface area contributed by atoms with Crippen LogP contribution in [-0.2, 0) is 17.6 Å². The number of amides is 1. The maximum absolute atomic E-state index is 13.3. The molecule has 0 aliphatic heterocycles. The first kappa shape index (κ1) is 13.6. The van der Waals surface area contributed by atoms with Gasteiger partial charge in [-0.3, -0.25) is 0 Å². The third-order valence-electron chi connectivity index (χ3n) is 3.93. The molecule has 2 N–H and O–H groups in total. The molecule has 0 radical (unpaired) electrons. The monoisotopic (exact) mass is 285 g/mol. The summed E-state index contributed by atoms with van der Waals surface area (Å²) in [4.78, 5) is 11.2. The van der Waals surface area contributed by atoms with Gasteiger partial charge in [0.05, 0.1) is 0 Å². The first-order valence-corrected chi connectivity index (χ1v) is 6.92. The number of hydrogen-bond acceptors (Lipinski definition) is 2. The highest BCUT2D eigenvalue weighted by Gasteiger charge is 2.32. The van der Waals surface area contributed by atoms with Gasteiger partial charge >= 0.3 is 6.09 Å². The Hall–Kier alpha value is -2.36. The van der Waals surface area contributed by atoms with Crippen LogP contribution in [0.5, 0.6) is 0 Å². The number of fused-ring (bicyclic) bond motifs is 1. The van der Waals surface area contributed by atoms with E-state index in [2.05, 4.69) is 0 Å². The van der Waals surface area contributed by atoms with E-state index in [1.807, 2.05) is 30.3 Å². The van der Waals surface area contributed by atoms with E-state index in [4.69, 9.17) is 10.5 Å². The van der Waals surface area contributed by atoms with Gasteiger partial charge in [0.25, 0.3) is 0 Å². The Morgan fingerprint density at radius 1 is 1.14 bits per heavy atom. The minimum absolute atomic E-state index is 0.0803. The average molecular weight is 285 g/mol. The smallest absolute Gasteiger partial charge is 0.405 e. The SMILES string of the molecule is NC(=O)O[C@H](c1ccccc1)[C@@H]1Cc2ccc(F)cc2C1. The van der Waals surface area contributed by atoms with E-state index < -0.39 is 12.2 Å². The van der Waals surface area contributed by atoms with E-state index in [1.165, 1.54) is 6.07 Å². The second-order valence-electron chi connectivity index (χ2n) is 5.35. The zero-order valence-electron chi connectivity index (χ0n) is 11.5. The number of ether oxygens (including phenoxy) is 1. The molecule has 3 rings (SSSR count). The molecule has 1 aliphatic carbocycles. The molecule has 0 saturated heterocycles. The topological polar surface area (TPSA) is 52.3 Å². The third-order valence-corrected chi connectivity index (χ3v) is 3.93. The van der Waals surface area contributed by atoms with E-state index in [0.717, 1.165) is 23.1 Å². The minimum Gasteiger partial charge on any atom is -0.441 e. The molecule has 1 aliphatic rings. The quantitative estimate of drug-likeness (QED) is 0.940. The number of primary amides is 1. The summed E-state index contributed by atoms with van der Waals surface area (Å²) in [5.74, 6) is -0.154. The fourth-order valence-corrected chi connectivity index (χ4v) is 3.04. The van der Waals surface area contributed by atoms with Crippen LogP contribution in [0.3, 0.4) is 0 Å². The highest BCUT2D eigenvalue weighted by atomic mass is 19.1. The van der Waals surface area contributed by atoms with Crippen LogP contribution in [0.1, 0.15) is 22.8 Å². The van der Waals surface area contributed by atoms with Crippen LogP contribution < -0.4 is 5.73 Å². The van der Waals surface area contributed by atoms with E-state index in [1.54, 1.807) is 12.1 Å². The molecule has 0 bridgehead atoms. The van der Waals surface area contributed by atoms with Gasteiger partial charge in [-0.25, -0.2) is 9.18 Å². The molecule has 21 heavy (non-hydrogen) atoms. The second-order valence-corrected chi connectivity index (χ2v) is 5.35. The van der Waals surface area contributed by atoms with Crippen LogP contribution in [0.15, 0.2) is 48.5 Å². The number of hydrogen-bond donors (Lipinski definition) is 1. The fourth-order valence-electron chi connectivity index (χ4n) is 3.04. The van der Waals surface area contributed by atoms with Crippen molar-refractivity contribution in [3.8, 4) is 0 Å². The zero-order chi connectivity index (χ0) is 14.8. The lowest BCUT2D eigenvalue weighted by Gasteiger charge is -2.23. The van der Waals surface area contributed by atoms with Crippen molar-refractivity contribution < 1.29 is 13.9 Å². The molecule has 3 nitrogen and oxygen atoms in total. The van der Waals surface area contributed by atoms with Crippen LogP contribution in [0, 0.1) is 11.7 Å². The Labute approximate surface area is 122 Å². The van der Waals surface area contributed by atoms with Crippen LogP contribution in [-0.4, -0.2) is 6.09 Å². The van der Waals surface area contributed by atoms with Gasteiger partial charge in [-0.2, -0.15) is 0 Å². The molecular formula is C17H16FNO2. The number of carbonyl (C=O) groups excluding carboxylic acids is 1. The molecule has 2 aromatic rings. The van der Waals surface area contributed by atoms with E-state index in [0.29, 0.717) is 6.42 Å². The summed E-state index contributed by atoms with van der Waals surface area (Å²) in [5, 5.41) is 0.